The highest BCUT2D eigenvalue weighted by atomic mass is 19.1. The number of hydrogen-bond donors (Lipinski definition) is 3. The maximum atomic E-state index is 17.3. The maximum Gasteiger partial charge on any atom is 0.319 e. The molecule has 0 spiro atoms. The number of nitrogens with two attached hydrogens (primary N) is 1. The summed E-state index contributed by atoms with van der Waals surface area (Å²) in [4.78, 5) is 18.8. The average molecular weight is 719 g/mol. The Hall–Kier alpha value is -3.91. The molecule has 13 heteroatoms. The van der Waals surface area contributed by atoms with E-state index >= 15 is 8.78 Å². The number of β-amino-alcohol motifs (C(OH)–C–C–N with tert-alkyl or cyclic N) is 1. The standard InChI is InChI=1S/C39H48F2N6O5/c1-4-26-28(40)9-8-22-15-25(48)18-27(30(22)26)33-32(41)34-31(36(43-33)50-3)35(46-13-14-51-20-38(2,49)19-46)45-37(44-34)52-21-39-10-5-7-29(39)47(12-6-11-39)24-16-23(42)17-24/h8-9,15,18,23-24,29,48-49H,4-7,10-14,16-17,19-21,42H2,1-3H3/t23?,24?,29-,38+,39-/m1/s1. The molecule has 4 aromatic rings. The molecule has 11 nitrogen and oxygen atoms in total. The van der Waals surface area contributed by atoms with Gasteiger partial charge in [0.25, 0.3) is 0 Å². The Morgan fingerprint density at radius 2 is 1.88 bits per heavy atom. The van der Waals surface area contributed by atoms with Crippen LogP contribution in [0.15, 0.2) is 24.3 Å². The summed E-state index contributed by atoms with van der Waals surface area (Å²) in [7, 11) is 1.43. The third kappa shape index (κ3) is 6.09. The summed E-state index contributed by atoms with van der Waals surface area (Å²) < 4.78 is 50.6. The lowest BCUT2D eigenvalue weighted by Crippen LogP contribution is -2.60. The first kappa shape index (κ1) is 35.1. The van der Waals surface area contributed by atoms with E-state index in [1.54, 1.807) is 13.0 Å². The lowest BCUT2D eigenvalue weighted by molar-refractivity contribution is -0.0439. The summed E-state index contributed by atoms with van der Waals surface area (Å²) in [6, 6.07) is 6.97. The van der Waals surface area contributed by atoms with Crippen LogP contribution in [0.3, 0.4) is 0 Å². The SMILES string of the molecule is CCc1c(F)ccc2cc(O)cc(-c3nc(OC)c4c(N5CCOC[C@@](C)(O)C5)nc(OC[C@]56CCC[C@H]5N(C5CC(N)C5)CCC6)nc4c3F)c12. The fraction of sp³-hybridized carbons (Fsp3) is 0.564. The number of aromatic nitrogens is 3. The molecule has 0 radical (unpaired) electrons. The molecule has 52 heavy (non-hydrogen) atoms. The van der Waals surface area contributed by atoms with Gasteiger partial charge in [0.1, 0.15) is 39.6 Å². The topological polar surface area (TPSA) is 139 Å². The Kier molecular flexibility index (Phi) is 9.12. The Balaban J connectivity index is 1.27. The van der Waals surface area contributed by atoms with E-state index in [0.717, 1.165) is 51.5 Å². The predicted octanol–water partition coefficient (Wildman–Crippen LogP) is 5.49. The van der Waals surface area contributed by atoms with Gasteiger partial charge in [-0.15, -0.1) is 0 Å². The van der Waals surface area contributed by atoms with Crippen LogP contribution in [0.4, 0.5) is 14.6 Å². The molecule has 4 N–H and O–H groups in total. The molecule has 2 aliphatic carbocycles. The molecule has 2 saturated heterocycles. The molecular weight excluding hydrogens is 670 g/mol. The second-order valence-electron chi connectivity index (χ2n) is 15.6. The van der Waals surface area contributed by atoms with Gasteiger partial charge in [-0.3, -0.25) is 4.90 Å². The Bertz CT molecular complexity index is 2010. The number of pyridine rings is 1. The predicted molar refractivity (Wildman–Crippen MR) is 194 cm³/mol. The van der Waals surface area contributed by atoms with E-state index in [9.17, 15) is 10.2 Å². The molecule has 3 atom stereocenters. The molecule has 0 unspecified atom stereocenters. The zero-order chi connectivity index (χ0) is 36.4. The maximum absolute atomic E-state index is 17.3. The summed E-state index contributed by atoms with van der Waals surface area (Å²) in [6.45, 7) is 5.87. The Morgan fingerprint density at radius 1 is 1.08 bits per heavy atom. The van der Waals surface area contributed by atoms with Crippen molar-refractivity contribution in [3.8, 4) is 28.9 Å². The summed E-state index contributed by atoms with van der Waals surface area (Å²) >= 11 is 0. The normalized spacial score (nSPS) is 28.1. The number of aromatic hydroxyl groups is 1. The van der Waals surface area contributed by atoms with Crippen LogP contribution < -0.4 is 20.1 Å². The summed E-state index contributed by atoms with van der Waals surface area (Å²) in [5.41, 5.74) is 5.24. The van der Waals surface area contributed by atoms with Crippen LogP contribution in [0.2, 0.25) is 0 Å². The third-order valence-electron chi connectivity index (χ3n) is 11.9. The van der Waals surface area contributed by atoms with Gasteiger partial charge in [-0.25, -0.2) is 13.8 Å². The minimum Gasteiger partial charge on any atom is -0.508 e. The summed E-state index contributed by atoms with van der Waals surface area (Å²) in [5.74, 6) is -0.999. The molecule has 2 aromatic carbocycles. The second kappa shape index (κ2) is 13.5. The monoisotopic (exact) mass is 718 g/mol. The minimum atomic E-state index is -1.22. The van der Waals surface area contributed by atoms with Crippen LogP contribution in [0.5, 0.6) is 17.6 Å². The number of methoxy groups -OCH3 is 1. The number of piperidine rings is 1. The summed E-state index contributed by atoms with van der Waals surface area (Å²) in [6.07, 6.45) is 7.70. The van der Waals surface area contributed by atoms with Crippen molar-refractivity contribution >= 4 is 27.5 Å². The molecule has 2 aliphatic heterocycles. The molecule has 2 aromatic heterocycles. The van der Waals surface area contributed by atoms with E-state index in [1.807, 2.05) is 11.8 Å². The van der Waals surface area contributed by atoms with Crippen LogP contribution >= 0.6 is 0 Å². The number of phenols is 1. The van der Waals surface area contributed by atoms with Crippen molar-refractivity contribution in [2.75, 3.05) is 51.5 Å². The number of nitrogens with zero attached hydrogens (tertiary/aromatic N) is 5. The van der Waals surface area contributed by atoms with Crippen molar-refractivity contribution in [2.45, 2.75) is 88.9 Å². The number of halogens is 2. The fourth-order valence-corrected chi connectivity index (χ4v) is 9.42. The number of phenolic OH excluding ortho intramolecular Hbond substituents is 1. The van der Waals surface area contributed by atoms with Crippen molar-refractivity contribution in [1.29, 1.82) is 0 Å². The van der Waals surface area contributed by atoms with Crippen molar-refractivity contribution in [2.24, 2.45) is 11.1 Å². The number of aryl methyl sites for hydroxylation is 1. The first-order valence-electron chi connectivity index (χ1n) is 18.6. The van der Waals surface area contributed by atoms with Crippen LogP contribution in [-0.2, 0) is 11.2 Å². The smallest absolute Gasteiger partial charge is 0.319 e. The van der Waals surface area contributed by atoms with Crippen LogP contribution in [-0.4, -0.2) is 100 Å². The number of rotatable bonds is 8. The minimum absolute atomic E-state index is 0.00860. The Labute approximate surface area is 302 Å². The van der Waals surface area contributed by atoms with Gasteiger partial charge in [-0.05, 0) is 92.9 Å². The lowest BCUT2D eigenvalue weighted by atomic mass is 9.73. The van der Waals surface area contributed by atoms with Crippen molar-refractivity contribution in [1.82, 2.24) is 19.9 Å². The number of fused-ring (bicyclic) bond motifs is 3. The van der Waals surface area contributed by atoms with Crippen LogP contribution in [0, 0.1) is 17.0 Å². The van der Waals surface area contributed by atoms with Gasteiger partial charge in [-0.2, -0.15) is 9.97 Å². The number of likely N-dealkylation sites (tertiary alicyclic amines) is 1. The number of aliphatic hydroxyl groups is 1. The van der Waals surface area contributed by atoms with Gasteiger partial charge in [-0.1, -0.05) is 19.4 Å². The number of anilines is 1. The average Bonchev–Trinajstić information content (AvgIpc) is 3.46. The van der Waals surface area contributed by atoms with Gasteiger partial charge in [0.2, 0.25) is 5.88 Å². The lowest BCUT2D eigenvalue weighted by Gasteiger charge is -2.52. The zero-order valence-corrected chi connectivity index (χ0v) is 30.1. The highest BCUT2D eigenvalue weighted by molar-refractivity contribution is 6.03. The molecule has 0 amide bonds. The molecule has 2 saturated carbocycles. The van der Waals surface area contributed by atoms with E-state index in [-0.39, 0.29) is 64.4 Å². The van der Waals surface area contributed by atoms with Gasteiger partial charge in [0.15, 0.2) is 5.82 Å². The molecule has 8 rings (SSSR count). The summed E-state index contributed by atoms with van der Waals surface area (Å²) in [5, 5.41) is 23.1. The van der Waals surface area contributed by atoms with Crippen LogP contribution in [0.25, 0.3) is 32.9 Å². The second-order valence-corrected chi connectivity index (χ2v) is 15.6. The van der Waals surface area contributed by atoms with E-state index < -0.39 is 17.2 Å². The quantitative estimate of drug-likeness (QED) is 0.213. The zero-order valence-electron chi connectivity index (χ0n) is 30.1. The third-order valence-corrected chi connectivity index (χ3v) is 11.9. The van der Waals surface area contributed by atoms with Gasteiger partial charge in [0, 0.05) is 35.6 Å². The van der Waals surface area contributed by atoms with Gasteiger partial charge < -0.3 is 35.1 Å². The first-order chi connectivity index (χ1) is 25.0. The number of ether oxygens (including phenoxy) is 3. The highest BCUT2D eigenvalue weighted by Crippen LogP contribution is 2.50. The van der Waals surface area contributed by atoms with Gasteiger partial charge in [0.05, 0.1) is 33.5 Å². The van der Waals surface area contributed by atoms with E-state index in [1.165, 1.54) is 25.3 Å². The largest absolute Gasteiger partial charge is 0.508 e. The first-order valence-corrected chi connectivity index (χ1v) is 18.6. The van der Waals surface area contributed by atoms with E-state index in [2.05, 4.69) is 9.88 Å². The number of hydrogen-bond acceptors (Lipinski definition) is 11. The molecule has 4 fully saturated rings. The molecule has 0 bridgehead atoms. The molecule has 4 aliphatic rings. The van der Waals surface area contributed by atoms with Crippen molar-refractivity contribution in [3.05, 3.63) is 41.5 Å². The fourth-order valence-electron chi connectivity index (χ4n) is 9.42. The van der Waals surface area contributed by atoms with Crippen LogP contribution in [0.1, 0.15) is 64.4 Å². The Morgan fingerprint density at radius 3 is 2.65 bits per heavy atom. The molecular formula is C39H48F2N6O5. The van der Waals surface area contributed by atoms with E-state index in [0.29, 0.717) is 60.4 Å². The van der Waals surface area contributed by atoms with Crippen molar-refractivity contribution in [3.63, 3.8) is 0 Å². The highest BCUT2D eigenvalue weighted by Gasteiger charge is 2.51. The molecule has 4 heterocycles. The van der Waals surface area contributed by atoms with Crippen molar-refractivity contribution < 1.29 is 33.2 Å². The van der Waals surface area contributed by atoms with E-state index in [4.69, 9.17) is 29.9 Å². The van der Waals surface area contributed by atoms with Gasteiger partial charge >= 0.3 is 6.01 Å². The number of benzene rings is 2. The molecule has 278 valence electrons.